The van der Waals surface area contributed by atoms with E-state index in [1.807, 2.05) is 12.1 Å². The lowest BCUT2D eigenvalue weighted by molar-refractivity contribution is -0.0495. The van der Waals surface area contributed by atoms with Crippen molar-refractivity contribution in [2.45, 2.75) is 31.5 Å². The number of hydrogen-bond acceptors (Lipinski definition) is 3. The molecule has 1 aromatic carbocycles. The minimum atomic E-state index is -0.712. The molecule has 19 heavy (non-hydrogen) atoms. The summed E-state index contributed by atoms with van der Waals surface area (Å²) >= 11 is 2.31. The second kappa shape index (κ2) is 5.66. The highest BCUT2D eigenvalue weighted by atomic mass is 127. The zero-order valence-corrected chi connectivity index (χ0v) is 13.2. The molecule has 5 heteroatoms. The maximum Gasteiger partial charge on any atom is 0.404 e. The summed E-state index contributed by atoms with van der Waals surface area (Å²) in [5.74, 6) is 0.172. The van der Waals surface area contributed by atoms with Crippen LogP contribution < -0.4 is 5.73 Å². The highest BCUT2D eigenvalue weighted by Crippen LogP contribution is 2.52. The SMILES string of the molecule is CC[C@@](OC)(c1ccccc1I)[C@H]1CC1OC(N)=O. The molecule has 2 N–H and O–H groups in total. The van der Waals surface area contributed by atoms with Crippen molar-refractivity contribution < 1.29 is 14.3 Å². The van der Waals surface area contributed by atoms with Crippen LogP contribution in [0.2, 0.25) is 0 Å². The Morgan fingerprint density at radius 1 is 1.53 bits per heavy atom. The molecule has 0 aromatic heterocycles. The Hall–Kier alpha value is -0.820. The molecule has 0 aliphatic heterocycles. The third-order valence-corrected chi connectivity index (χ3v) is 4.76. The number of hydrogen-bond donors (Lipinski definition) is 1. The number of nitrogens with two attached hydrogens (primary N) is 1. The molecule has 0 spiro atoms. The van der Waals surface area contributed by atoms with Crippen molar-refractivity contribution in [1.82, 2.24) is 0 Å². The Labute approximate surface area is 126 Å². The molecule has 1 aromatic rings. The molecule has 0 heterocycles. The summed E-state index contributed by atoms with van der Waals surface area (Å²) in [6.45, 7) is 2.09. The minimum Gasteiger partial charge on any atom is -0.446 e. The number of carbonyl (C=O) groups is 1. The average molecular weight is 375 g/mol. The first-order chi connectivity index (χ1) is 9.05. The average Bonchev–Trinajstić information content (AvgIpc) is 3.12. The topological polar surface area (TPSA) is 61.6 Å². The monoisotopic (exact) mass is 375 g/mol. The highest BCUT2D eigenvalue weighted by molar-refractivity contribution is 14.1. The second-order valence-electron chi connectivity index (χ2n) is 4.74. The van der Waals surface area contributed by atoms with Crippen molar-refractivity contribution in [3.05, 3.63) is 33.4 Å². The lowest BCUT2D eigenvalue weighted by atomic mass is 9.86. The molecule has 1 unspecified atom stereocenters. The molecule has 1 aliphatic carbocycles. The van der Waals surface area contributed by atoms with E-state index in [1.165, 1.54) is 0 Å². The van der Waals surface area contributed by atoms with Crippen molar-refractivity contribution in [2.75, 3.05) is 7.11 Å². The molecule has 1 amide bonds. The summed E-state index contributed by atoms with van der Waals surface area (Å²) in [5.41, 5.74) is 5.84. The van der Waals surface area contributed by atoms with Crippen LogP contribution in [0.15, 0.2) is 24.3 Å². The number of rotatable bonds is 5. The first-order valence-corrected chi connectivity index (χ1v) is 7.39. The minimum absolute atomic E-state index is 0.131. The largest absolute Gasteiger partial charge is 0.446 e. The predicted molar refractivity (Wildman–Crippen MR) is 80.7 cm³/mol. The van der Waals surface area contributed by atoms with Gasteiger partial charge in [0, 0.05) is 16.6 Å². The molecule has 1 fully saturated rings. The van der Waals surface area contributed by atoms with Gasteiger partial charge < -0.3 is 15.2 Å². The van der Waals surface area contributed by atoms with Gasteiger partial charge >= 0.3 is 6.09 Å². The molecule has 0 radical (unpaired) electrons. The molecule has 1 aliphatic rings. The van der Waals surface area contributed by atoms with Crippen LogP contribution in [0.1, 0.15) is 25.3 Å². The number of ether oxygens (including phenoxy) is 2. The first-order valence-electron chi connectivity index (χ1n) is 6.31. The summed E-state index contributed by atoms with van der Waals surface area (Å²) in [5, 5.41) is 0. The summed E-state index contributed by atoms with van der Waals surface area (Å²) in [4.78, 5) is 10.9. The fraction of sp³-hybridized carbons (Fsp3) is 0.500. The molecular formula is C14H18INO3. The van der Waals surface area contributed by atoms with Crippen molar-refractivity contribution in [1.29, 1.82) is 0 Å². The summed E-state index contributed by atoms with van der Waals surface area (Å²) in [7, 11) is 1.71. The van der Waals surface area contributed by atoms with E-state index in [4.69, 9.17) is 15.2 Å². The maximum absolute atomic E-state index is 10.9. The summed E-state index contributed by atoms with van der Waals surface area (Å²) in [6, 6.07) is 8.15. The van der Waals surface area contributed by atoms with E-state index in [-0.39, 0.29) is 12.0 Å². The molecule has 0 saturated heterocycles. The van der Waals surface area contributed by atoms with Crippen LogP contribution in [0.25, 0.3) is 0 Å². The molecular weight excluding hydrogens is 357 g/mol. The quantitative estimate of drug-likeness (QED) is 0.805. The number of primary amides is 1. The van der Waals surface area contributed by atoms with E-state index in [0.29, 0.717) is 0 Å². The third kappa shape index (κ3) is 2.72. The zero-order chi connectivity index (χ0) is 14.0. The van der Waals surface area contributed by atoms with E-state index in [0.717, 1.165) is 22.0 Å². The van der Waals surface area contributed by atoms with Gasteiger partial charge in [0.25, 0.3) is 0 Å². The van der Waals surface area contributed by atoms with E-state index in [1.54, 1.807) is 7.11 Å². The Morgan fingerprint density at radius 2 is 2.21 bits per heavy atom. The number of methoxy groups -OCH3 is 1. The van der Waals surface area contributed by atoms with Gasteiger partial charge in [-0.1, -0.05) is 25.1 Å². The Balaban J connectivity index is 2.30. The van der Waals surface area contributed by atoms with Crippen molar-refractivity contribution in [3.63, 3.8) is 0 Å². The number of carbonyl (C=O) groups excluding carboxylic acids is 1. The van der Waals surface area contributed by atoms with Crippen LogP contribution in [-0.2, 0) is 15.1 Å². The molecule has 2 rings (SSSR count). The number of halogens is 1. The molecule has 3 atom stereocenters. The Kier molecular flexibility index (Phi) is 4.35. The van der Waals surface area contributed by atoms with Crippen molar-refractivity contribution >= 4 is 28.7 Å². The van der Waals surface area contributed by atoms with Crippen LogP contribution in [-0.4, -0.2) is 19.3 Å². The van der Waals surface area contributed by atoms with Crippen molar-refractivity contribution in [3.8, 4) is 0 Å². The van der Waals surface area contributed by atoms with E-state index < -0.39 is 11.7 Å². The molecule has 4 nitrogen and oxygen atoms in total. The lowest BCUT2D eigenvalue weighted by Gasteiger charge is -2.33. The molecule has 104 valence electrons. The smallest absolute Gasteiger partial charge is 0.404 e. The molecule has 0 bridgehead atoms. The summed E-state index contributed by atoms with van der Waals surface area (Å²) in [6.07, 6.45) is 0.785. The fourth-order valence-electron chi connectivity index (χ4n) is 2.80. The second-order valence-corrected chi connectivity index (χ2v) is 5.91. The van der Waals surface area contributed by atoms with Gasteiger partial charge in [0.2, 0.25) is 0 Å². The van der Waals surface area contributed by atoms with Gasteiger partial charge in [-0.2, -0.15) is 0 Å². The van der Waals surface area contributed by atoms with Gasteiger partial charge in [0.05, 0.1) is 5.60 Å². The number of benzene rings is 1. The van der Waals surface area contributed by atoms with Crippen LogP contribution >= 0.6 is 22.6 Å². The number of amides is 1. The maximum atomic E-state index is 10.9. The Bertz CT molecular complexity index is 474. The van der Waals surface area contributed by atoms with Crippen LogP contribution in [0.3, 0.4) is 0 Å². The van der Waals surface area contributed by atoms with Crippen LogP contribution in [0.4, 0.5) is 4.79 Å². The van der Waals surface area contributed by atoms with Gasteiger partial charge in [-0.05, 0) is 47.1 Å². The van der Waals surface area contributed by atoms with E-state index >= 15 is 0 Å². The Morgan fingerprint density at radius 3 is 2.74 bits per heavy atom. The van der Waals surface area contributed by atoms with Crippen molar-refractivity contribution in [2.24, 2.45) is 11.7 Å². The zero-order valence-electron chi connectivity index (χ0n) is 11.1. The standard InChI is InChI=1S/C14H18INO3/c1-3-14(18-2,9-6-4-5-7-11(9)15)10-8-12(10)19-13(16)17/h4-7,10,12H,3,8H2,1-2H3,(H2,16,17)/t10-,12?,14+/m0/s1. The van der Waals surface area contributed by atoms with Crippen LogP contribution in [0.5, 0.6) is 0 Å². The third-order valence-electron chi connectivity index (χ3n) is 3.82. The van der Waals surface area contributed by atoms with Gasteiger partial charge in [-0.25, -0.2) is 4.79 Å². The van der Waals surface area contributed by atoms with Crippen LogP contribution in [0, 0.1) is 9.49 Å². The van der Waals surface area contributed by atoms with Gasteiger partial charge in [-0.15, -0.1) is 0 Å². The van der Waals surface area contributed by atoms with Gasteiger partial charge in [0.15, 0.2) is 0 Å². The highest BCUT2D eigenvalue weighted by Gasteiger charge is 2.56. The van der Waals surface area contributed by atoms with E-state index in [2.05, 4.69) is 41.6 Å². The predicted octanol–water partition coefficient (Wildman–Crippen LogP) is 3.03. The van der Waals surface area contributed by atoms with Gasteiger partial charge in [0.1, 0.15) is 6.10 Å². The van der Waals surface area contributed by atoms with E-state index in [9.17, 15) is 4.79 Å². The lowest BCUT2D eigenvalue weighted by Crippen LogP contribution is -2.33. The fourth-order valence-corrected chi connectivity index (χ4v) is 3.65. The molecule has 1 saturated carbocycles. The normalized spacial score (nSPS) is 24.6. The first kappa shape index (κ1) is 14.6. The van der Waals surface area contributed by atoms with Gasteiger partial charge in [-0.3, -0.25) is 0 Å². The summed E-state index contributed by atoms with van der Waals surface area (Å²) < 4.78 is 12.1.